The summed E-state index contributed by atoms with van der Waals surface area (Å²) in [6.07, 6.45) is 0. The average Bonchev–Trinajstić information content (AvgIpc) is 2.61. The van der Waals surface area contributed by atoms with Gasteiger partial charge in [0.25, 0.3) is 0 Å². The van der Waals surface area contributed by atoms with Gasteiger partial charge in [-0.25, -0.2) is 0 Å². The van der Waals surface area contributed by atoms with Gasteiger partial charge in [-0.1, -0.05) is 65.7 Å². The molecule has 4 heteroatoms. The molecular weight excluding hydrogens is 353 g/mol. The predicted octanol–water partition coefficient (Wildman–Crippen LogP) is 6.49. The first-order valence-corrected chi connectivity index (χ1v) is 8.83. The predicted molar refractivity (Wildman–Crippen MR) is 106 cm³/mol. The molecule has 0 aliphatic carbocycles. The second-order valence-electron chi connectivity index (χ2n) is 5.80. The molecule has 0 aromatic heterocycles. The molecule has 128 valence electrons. The van der Waals surface area contributed by atoms with Crippen LogP contribution in [-0.2, 0) is 13.2 Å². The highest BCUT2D eigenvalue weighted by atomic mass is 35.5. The van der Waals surface area contributed by atoms with Crippen LogP contribution in [0.5, 0.6) is 5.75 Å². The van der Waals surface area contributed by atoms with E-state index < -0.39 is 0 Å². The number of rotatable bonds is 6. The van der Waals surface area contributed by atoms with Gasteiger partial charge in [-0.15, -0.1) is 0 Å². The van der Waals surface area contributed by atoms with Crippen LogP contribution in [0.1, 0.15) is 16.7 Å². The highest BCUT2D eigenvalue weighted by Gasteiger charge is 2.07. The molecule has 3 rings (SSSR count). The van der Waals surface area contributed by atoms with Gasteiger partial charge in [-0.2, -0.15) is 0 Å². The first kappa shape index (κ1) is 17.7. The Balaban J connectivity index is 1.69. The van der Waals surface area contributed by atoms with Crippen LogP contribution in [0.3, 0.4) is 0 Å². The molecule has 0 atom stereocenters. The Kier molecular flexibility index (Phi) is 5.85. The molecule has 0 radical (unpaired) electrons. The first-order valence-electron chi connectivity index (χ1n) is 8.07. The largest absolute Gasteiger partial charge is 0.488 e. The second kappa shape index (κ2) is 8.28. The van der Waals surface area contributed by atoms with Crippen LogP contribution in [0.25, 0.3) is 0 Å². The van der Waals surface area contributed by atoms with E-state index in [1.54, 1.807) is 6.07 Å². The van der Waals surface area contributed by atoms with Crippen molar-refractivity contribution in [1.82, 2.24) is 0 Å². The van der Waals surface area contributed by atoms with E-state index in [1.165, 1.54) is 5.56 Å². The molecule has 0 aliphatic rings. The zero-order valence-corrected chi connectivity index (χ0v) is 15.4. The van der Waals surface area contributed by atoms with Gasteiger partial charge in [0, 0.05) is 33.4 Å². The minimum Gasteiger partial charge on any atom is -0.488 e. The molecule has 0 fully saturated rings. The van der Waals surface area contributed by atoms with Gasteiger partial charge in [0.15, 0.2) is 0 Å². The number of aryl methyl sites for hydroxylation is 1. The number of anilines is 1. The standard InChI is InChI=1S/C21H19Cl2NO/c1-15-6-2-4-8-20(15)24-13-16-7-3-5-9-21(16)25-14-17-10-11-18(22)12-19(17)23/h2-12,24H,13-14H2,1H3. The number of ether oxygens (including phenoxy) is 1. The number of hydrogen-bond acceptors (Lipinski definition) is 2. The minimum atomic E-state index is 0.400. The van der Waals surface area contributed by atoms with Crippen LogP contribution in [0.2, 0.25) is 10.0 Å². The van der Waals surface area contributed by atoms with Crippen LogP contribution >= 0.6 is 23.2 Å². The van der Waals surface area contributed by atoms with Crippen molar-refractivity contribution in [3.63, 3.8) is 0 Å². The molecular formula is C21H19Cl2NO. The van der Waals surface area contributed by atoms with Crippen LogP contribution in [0.15, 0.2) is 66.7 Å². The zero-order valence-electron chi connectivity index (χ0n) is 13.9. The smallest absolute Gasteiger partial charge is 0.124 e. The van der Waals surface area contributed by atoms with E-state index in [2.05, 4.69) is 30.4 Å². The third-order valence-electron chi connectivity index (χ3n) is 3.99. The summed E-state index contributed by atoms with van der Waals surface area (Å²) in [5, 5.41) is 4.70. The number of hydrogen-bond donors (Lipinski definition) is 1. The quantitative estimate of drug-likeness (QED) is 0.534. The van der Waals surface area contributed by atoms with E-state index in [0.717, 1.165) is 22.6 Å². The fourth-order valence-electron chi connectivity index (χ4n) is 2.55. The Morgan fingerprint density at radius 1 is 0.880 bits per heavy atom. The van der Waals surface area contributed by atoms with E-state index in [9.17, 15) is 0 Å². The first-order chi connectivity index (χ1) is 12.1. The fourth-order valence-corrected chi connectivity index (χ4v) is 3.01. The van der Waals surface area contributed by atoms with Crippen molar-refractivity contribution in [3.8, 4) is 5.75 Å². The summed E-state index contributed by atoms with van der Waals surface area (Å²) < 4.78 is 6.00. The molecule has 0 amide bonds. The SMILES string of the molecule is Cc1ccccc1NCc1ccccc1OCc1ccc(Cl)cc1Cl. The lowest BCUT2D eigenvalue weighted by atomic mass is 10.1. The highest BCUT2D eigenvalue weighted by molar-refractivity contribution is 6.35. The molecule has 0 heterocycles. The van der Waals surface area contributed by atoms with Gasteiger partial charge in [0.05, 0.1) is 0 Å². The monoisotopic (exact) mass is 371 g/mol. The van der Waals surface area contributed by atoms with Gasteiger partial charge in [0.1, 0.15) is 12.4 Å². The molecule has 0 aliphatic heterocycles. The minimum absolute atomic E-state index is 0.400. The Hall–Kier alpha value is -2.16. The average molecular weight is 372 g/mol. The lowest BCUT2D eigenvalue weighted by molar-refractivity contribution is 0.303. The molecule has 25 heavy (non-hydrogen) atoms. The van der Waals surface area contributed by atoms with Crippen molar-refractivity contribution in [2.24, 2.45) is 0 Å². The van der Waals surface area contributed by atoms with Crippen molar-refractivity contribution >= 4 is 28.9 Å². The molecule has 0 saturated heterocycles. The van der Waals surface area contributed by atoms with E-state index in [4.69, 9.17) is 27.9 Å². The maximum Gasteiger partial charge on any atom is 0.124 e. The number of para-hydroxylation sites is 2. The van der Waals surface area contributed by atoms with Crippen molar-refractivity contribution in [1.29, 1.82) is 0 Å². The molecule has 0 spiro atoms. The normalized spacial score (nSPS) is 10.5. The van der Waals surface area contributed by atoms with E-state index >= 15 is 0 Å². The van der Waals surface area contributed by atoms with Crippen molar-refractivity contribution in [2.75, 3.05) is 5.32 Å². The molecule has 0 bridgehead atoms. The summed E-state index contributed by atoms with van der Waals surface area (Å²) in [6.45, 7) is 3.18. The molecule has 3 aromatic carbocycles. The summed E-state index contributed by atoms with van der Waals surface area (Å²) >= 11 is 12.2. The number of nitrogens with one attached hydrogen (secondary N) is 1. The van der Waals surface area contributed by atoms with E-state index in [1.807, 2.05) is 42.5 Å². The van der Waals surface area contributed by atoms with Crippen LogP contribution < -0.4 is 10.1 Å². The van der Waals surface area contributed by atoms with Gasteiger partial charge in [-0.3, -0.25) is 0 Å². The zero-order chi connectivity index (χ0) is 17.6. The van der Waals surface area contributed by atoms with Gasteiger partial charge < -0.3 is 10.1 Å². The molecule has 0 saturated carbocycles. The van der Waals surface area contributed by atoms with Crippen LogP contribution in [-0.4, -0.2) is 0 Å². The topological polar surface area (TPSA) is 21.3 Å². The number of halogens is 2. The Labute approximate surface area is 158 Å². The van der Waals surface area contributed by atoms with Gasteiger partial charge in [0.2, 0.25) is 0 Å². The lowest BCUT2D eigenvalue weighted by Gasteiger charge is -2.14. The summed E-state index contributed by atoms with van der Waals surface area (Å²) in [5.41, 5.74) is 4.34. The Morgan fingerprint density at radius 3 is 2.44 bits per heavy atom. The second-order valence-corrected chi connectivity index (χ2v) is 6.64. The Morgan fingerprint density at radius 2 is 1.64 bits per heavy atom. The van der Waals surface area contributed by atoms with Crippen molar-refractivity contribution in [3.05, 3.63) is 93.5 Å². The van der Waals surface area contributed by atoms with Crippen molar-refractivity contribution in [2.45, 2.75) is 20.1 Å². The molecule has 2 nitrogen and oxygen atoms in total. The lowest BCUT2D eigenvalue weighted by Crippen LogP contribution is -2.04. The number of benzene rings is 3. The van der Waals surface area contributed by atoms with Crippen LogP contribution in [0.4, 0.5) is 5.69 Å². The third kappa shape index (κ3) is 4.68. The fraction of sp³-hybridized carbons (Fsp3) is 0.143. The molecule has 0 unspecified atom stereocenters. The summed E-state index contributed by atoms with van der Waals surface area (Å²) in [6, 6.07) is 21.7. The van der Waals surface area contributed by atoms with Crippen LogP contribution in [0, 0.1) is 6.92 Å². The highest BCUT2D eigenvalue weighted by Crippen LogP contribution is 2.25. The van der Waals surface area contributed by atoms with E-state index in [0.29, 0.717) is 23.2 Å². The van der Waals surface area contributed by atoms with Gasteiger partial charge in [-0.05, 0) is 36.8 Å². The summed E-state index contributed by atoms with van der Waals surface area (Å²) in [4.78, 5) is 0. The van der Waals surface area contributed by atoms with Gasteiger partial charge >= 0.3 is 0 Å². The third-order valence-corrected chi connectivity index (χ3v) is 4.57. The summed E-state index contributed by atoms with van der Waals surface area (Å²) in [7, 11) is 0. The van der Waals surface area contributed by atoms with E-state index in [-0.39, 0.29) is 0 Å². The molecule has 1 N–H and O–H groups in total. The molecule has 3 aromatic rings. The maximum absolute atomic E-state index is 6.22. The Bertz CT molecular complexity index is 864. The maximum atomic E-state index is 6.22. The summed E-state index contributed by atoms with van der Waals surface area (Å²) in [5.74, 6) is 0.842. The van der Waals surface area contributed by atoms with Crippen molar-refractivity contribution < 1.29 is 4.74 Å².